The fourth-order valence-corrected chi connectivity index (χ4v) is 5.31. The highest BCUT2D eigenvalue weighted by atomic mass is 19.1. The lowest BCUT2D eigenvalue weighted by Gasteiger charge is -2.32. The van der Waals surface area contributed by atoms with Gasteiger partial charge in [0, 0.05) is 62.2 Å². The predicted molar refractivity (Wildman–Crippen MR) is 144 cm³/mol. The smallest absolute Gasteiger partial charge is 0.253 e. The Morgan fingerprint density at radius 3 is 2.44 bits per heavy atom. The molecule has 0 aliphatic carbocycles. The average molecular weight is 542 g/mol. The van der Waals surface area contributed by atoms with Crippen molar-refractivity contribution in [2.75, 3.05) is 49.6 Å². The van der Waals surface area contributed by atoms with Crippen molar-refractivity contribution in [1.82, 2.24) is 4.90 Å². The number of amides is 1. The zero-order valence-corrected chi connectivity index (χ0v) is 22.3. The Labute approximate surface area is 225 Å². The molecule has 2 aliphatic heterocycles. The molecule has 208 valence electrons. The van der Waals surface area contributed by atoms with E-state index >= 15 is 0 Å². The first-order valence-corrected chi connectivity index (χ1v) is 13.3. The van der Waals surface area contributed by atoms with Crippen molar-refractivity contribution in [1.29, 1.82) is 0 Å². The summed E-state index contributed by atoms with van der Waals surface area (Å²) in [5.41, 5.74) is 1.19. The van der Waals surface area contributed by atoms with E-state index in [9.17, 15) is 23.5 Å². The Hall–Kier alpha value is -3.50. The molecule has 39 heavy (non-hydrogen) atoms. The molecule has 3 heterocycles. The summed E-state index contributed by atoms with van der Waals surface area (Å²) in [5, 5.41) is 10.1. The first kappa shape index (κ1) is 27.1. The van der Waals surface area contributed by atoms with Gasteiger partial charge < -0.3 is 29.0 Å². The van der Waals surface area contributed by atoms with Crippen LogP contribution in [0.4, 0.5) is 20.4 Å². The van der Waals surface area contributed by atoms with E-state index < -0.39 is 23.8 Å². The molecule has 2 saturated heterocycles. The second kappa shape index (κ2) is 10.9. The van der Waals surface area contributed by atoms with E-state index in [1.54, 1.807) is 29.0 Å². The molecular weight excluding hydrogens is 508 g/mol. The lowest BCUT2D eigenvalue weighted by molar-refractivity contribution is 0.0517. The van der Waals surface area contributed by atoms with E-state index in [1.165, 1.54) is 18.2 Å². The molecule has 1 unspecified atom stereocenters. The Morgan fingerprint density at radius 1 is 1.08 bits per heavy atom. The molecular formula is C29H33F2N3O5. The summed E-state index contributed by atoms with van der Waals surface area (Å²) < 4.78 is 40.1. The van der Waals surface area contributed by atoms with Gasteiger partial charge in [-0.1, -0.05) is 0 Å². The molecule has 2 aromatic carbocycles. The number of hydrogen-bond acceptors (Lipinski definition) is 7. The van der Waals surface area contributed by atoms with Crippen molar-refractivity contribution in [2.45, 2.75) is 44.9 Å². The Morgan fingerprint density at radius 2 is 1.77 bits per heavy atom. The Bertz CT molecular complexity index is 1420. The third-order valence-corrected chi connectivity index (χ3v) is 7.68. The van der Waals surface area contributed by atoms with Gasteiger partial charge in [0.2, 0.25) is 0 Å². The second-order valence-electron chi connectivity index (χ2n) is 10.5. The summed E-state index contributed by atoms with van der Waals surface area (Å²) in [7, 11) is 1.69. The van der Waals surface area contributed by atoms with Gasteiger partial charge in [0.1, 0.15) is 17.2 Å². The minimum atomic E-state index is -0.708. The second-order valence-corrected chi connectivity index (χ2v) is 10.5. The summed E-state index contributed by atoms with van der Waals surface area (Å²) >= 11 is 0. The van der Waals surface area contributed by atoms with Crippen molar-refractivity contribution in [3.8, 4) is 0 Å². The number of likely N-dealkylation sites (tertiary alicyclic amines) is 1. The zero-order valence-electron chi connectivity index (χ0n) is 22.3. The summed E-state index contributed by atoms with van der Waals surface area (Å²) in [4.78, 5) is 32.2. The first-order valence-electron chi connectivity index (χ1n) is 13.3. The van der Waals surface area contributed by atoms with E-state index in [-0.39, 0.29) is 22.8 Å². The maximum atomic E-state index is 14.0. The van der Waals surface area contributed by atoms with Crippen molar-refractivity contribution in [3.63, 3.8) is 0 Å². The number of hydrogen-bond donors (Lipinski definition) is 1. The molecule has 2 atom stereocenters. The number of fused-ring (bicyclic) bond motifs is 1. The predicted octanol–water partition coefficient (Wildman–Crippen LogP) is 4.09. The molecule has 2 fully saturated rings. The van der Waals surface area contributed by atoms with E-state index in [2.05, 4.69) is 0 Å². The number of aliphatic hydroxyl groups excluding tert-OH is 1. The van der Waals surface area contributed by atoms with Crippen LogP contribution in [0, 0.1) is 11.6 Å². The number of carbonyl (C=O) groups excluding carboxylic acids is 1. The van der Waals surface area contributed by atoms with Gasteiger partial charge in [0.25, 0.3) is 5.91 Å². The quantitative estimate of drug-likeness (QED) is 0.521. The number of aliphatic hydroxyl groups is 1. The largest absolute Gasteiger partial charge is 0.440 e. The van der Waals surface area contributed by atoms with Gasteiger partial charge in [-0.3, -0.25) is 9.59 Å². The Balaban J connectivity index is 1.62. The van der Waals surface area contributed by atoms with Crippen LogP contribution >= 0.6 is 0 Å². The number of rotatable bonds is 5. The van der Waals surface area contributed by atoms with E-state index in [4.69, 9.17) is 9.15 Å². The molecule has 3 aromatic rings. The van der Waals surface area contributed by atoms with Gasteiger partial charge in [0.15, 0.2) is 11.3 Å². The highest BCUT2D eigenvalue weighted by Crippen LogP contribution is 2.34. The molecule has 0 radical (unpaired) electrons. The molecule has 5 rings (SSSR count). The number of benzene rings is 2. The molecule has 0 bridgehead atoms. The number of nitrogens with zero attached hydrogens (tertiary/aromatic N) is 3. The molecule has 2 aliphatic rings. The number of anilines is 2. The molecule has 10 heteroatoms. The fraction of sp³-hybridized carbons (Fsp3) is 0.448. The van der Waals surface area contributed by atoms with Gasteiger partial charge in [-0.05, 0) is 51.0 Å². The summed E-state index contributed by atoms with van der Waals surface area (Å²) in [6.45, 7) is 6.21. The Kier molecular flexibility index (Phi) is 7.59. The standard InChI is InChI=1S/C29H33F2N3O5/c1-17-16-34(8-9-38-17)27-15-26(36)25-11-19(29(37)33-6-4-23(35)5-7-33)10-24(28(25)39-27)18(2)32(3)22-13-20(30)12-21(31)14-22/h10-15,17-18,23,35H,4-9,16H2,1-3H3/t17?,18-/m1/s1. The van der Waals surface area contributed by atoms with Gasteiger partial charge in [-0.2, -0.15) is 0 Å². The number of morpholine rings is 1. The van der Waals surface area contributed by atoms with Gasteiger partial charge in [-0.25, -0.2) is 8.78 Å². The SMILES string of the molecule is CC1CN(c2cc(=O)c3cc(C(=O)N4CCC(O)CC4)cc([C@@H](C)N(C)c4cc(F)cc(F)c4)c3o2)CCO1. The summed E-state index contributed by atoms with van der Waals surface area (Å²) in [6, 6.07) is 7.43. The van der Waals surface area contributed by atoms with Crippen LogP contribution in [0.5, 0.6) is 0 Å². The summed E-state index contributed by atoms with van der Waals surface area (Å²) in [6.07, 6.45) is 0.505. The lowest BCUT2D eigenvalue weighted by atomic mass is 9.98. The lowest BCUT2D eigenvalue weighted by Crippen LogP contribution is -2.41. The zero-order chi connectivity index (χ0) is 27.8. The van der Waals surface area contributed by atoms with E-state index in [1.807, 2.05) is 18.7 Å². The average Bonchev–Trinajstić information content (AvgIpc) is 2.91. The van der Waals surface area contributed by atoms with E-state index in [0.29, 0.717) is 73.9 Å². The van der Waals surface area contributed by atoms with Crippen LogP contribution in [0.25, 0.3) is 11.0 Å². The number of halogens is 2. The highest BCUT2D eigenvalue weighted by molar-refractivity contribution is 5.99. The van der Waals surface area contributed by atoms with Crippen molar-refractivity contribution < 1.29 is 27.8 Å². The normalized spacial score (nSPS) is 19.4. The van der Waals surface area contributed by atoms with Crippen LogP contribution in [-0.2, 0) is 4.74 Å². The highest BCUT2D eigenvalue weighted by Gasteiger charge is 2.27. The maximum Gasteiger partial charge on any atom is 0.253 e. The molecule has 0 saturated carbocycles. The molecule has 1 aromatic heterocycles. The number of carbonyl (C=O) groups is 1. The van der Waals surface area contributed by atoms with Crippen molar-refractivity contribution in [3.05, 3.63) is 69.4 Å². The maximum absolute atomic E-state index is 14.0. The monoisotopic (exact) mass is 541 g/mol. The van der Waals surface area contributed by atoms with E-state index in [0.717, 1.165) is 6.07 Å². The third-order valence-electron chi connectivity index (χ3n) is 7.68. The fourth-order valence-electron chi connectivity index (χ4n) is 5.31. The van der Waals surface area contributed by atoms with Crippen LogP contribution in [-0.4, -0.2) is 68.0 Å². The number of piperidine rings is 1. The first-order chi connectivity index (χ1) is 18.6. The molecule has 1 amide bonds. The molecule has 1 N–H and O–H groups in total. The van der Waals surface area contributed by atoms with Crippen molar-refractivity contribution >= 4 is 28.4 Å². The summed E-state index contributed by atoms with van der Waals surface area (Å²) in [5.74, 6) is -1.26. The van der Waals surface area contributed by atoms with Crippen LogP contribution in [0.2, 0.25) is 0 Å². The minimum Gasteiger partial charge on any atom is -0.440 e. The molecule has 0 spiro atoms. The van der Waals surface area contributed by atoms with Gasteiger partial charge in [0.05, 0.1) is 30.2 Å². The van der Waals surface area contributed by atoms with Crippen LogP contribution in [0.3, 0.4) is 0 Å². The minimum absolute atomic E-state index is 0.0322. The van der Waals surface area contributed by atoms with Gasteiger partial charge in [-0.15, -0.1) is 0 Å². The van der Waals surface area contributed by atoms with Gasteiger partial charge >= 0.3 is 0 Å². The third kappa shape index (κ3) is 5.62. The van der Waals surface area contributed by atoms with Crippen molar-refractivity contribution in [2.24, 2.45) is 0 Å². The van der Waals surface area contributed by atoms with Crippen LogP contribution < -0.4 is 15.2 Å². The van der Waals surface area contributed by atoms with Crippen LogP contribution in [0.15, 0.2) is 45.6 Å². The van der Waals surface area contributed by atoms with Crippen LogP contribution in [0.1, 0.15) is 48.7 Å². The topological polar surface area (TPSA) is 86.5 Å². The molecule has 8 nitrogen and oxygen atoms in total. The number of ether oxygens (including phenoxy) is 1.